The summed E-state index contributed by atoms with van der Waals surface area (Å²) < 4.78 is 10.00. The maximum atomic E-state index is 11.9. The lowest BCUT2D eigenvalue weighted by Crippen LogP contribution is -2.38. The van der Waals surface area contributed by atoms with E-state index in [9.17, 15) is 29.5 Å². The third kappa shape index (κ3) is 12.3. The minimum atomic E-state index is -0.578. The van der Waals surface area contributed by atoms with Gasteiger partial charge in [0.2, 0.25) is 0 Å². The Hall–Kier alpha value is -4.09. The second kappa shape index (κ2) is 18.2. The Morgan fingerprint density at radius 1 is 0.897 bits per heavy atom. The van der Waals surface area contributed by atoms with E-state index in [2.05, 4.69) is 10.6 Å². The fourth-order valence-corrected chi connectivity index (χ4v) is 3.02. The lowest BCUT2D eigenvalue weighted by Gasteiger charge is -2.11. The van der Waals surface area contributed by atoms with Crippen LogP contribution in [0, 0.1) is 4.91 Å². The Labute approximate surface area is 235 Å². The Balaban J connectivity index is 0.000000534. The number of methoxy groups -OCH3 is 2. The molecule has 11 nitrogen and oxygen atoms in total. The number of amides is 2. The molecule has 0 radical (unpaired) electrons. The zero-order valence-corrected chi connectivity index (χ0v) is 22.8. The third-order valence-electron chi connectivity index (χ3n) is 4.68. The normalized spacial score (nSPS) is 10.5. The third-order valence-corrected chi connectivity index (χ3v) is 5.04. The van der Waals surface area contributed by atoms with Gasteiger partial charge < -0.3 is 25.0 Å². The molecule has 0 spiro atoms. The number of hydrogen-bond donors (Lipinski definition) is 3. The van der Waals surface area contributed by atoms with Gasteiger partial charge in [-0.2, -0.15) is 5.01 Å². The summed E-state index contributed by atoms with van der Waals surface area (Å²) in [5.41, 5.74) is 1.33. The average molecular weight is 582 g/mol. The van der Waals surface area contributed by atoms with E-state index in [0.717, 1.165) is 0 Å². The number of aromatic hydroxyl groups is 2. The molecule has 2 amide bonds. The van der Waals surface area contributed by atoms with Crippen LogP contribution in [0.1, 0.15) is 17.5 Å². The minimum Gasteiger partial charge on any atom is -0.504 e. The molecule has 0 heterocycles. The molecule has 2 aromatic rings. The van der Waals surface area contributed by atoms with Gasteiger partial charge in [-0.1, -0.05) is 24.3 Å². The van der Waals surface area contributed by atoms with Crippen LogP contribution in [0.2, 0.25) is 0 Å². The number of halogens is 2. The van der Waals surface area contributed by atoms with Gasteiger partial charge in [-0.25, -0.2) is 4.79 Å². The number of hydrogen-bond acceptors (Lipinski definition) is 9. The Bertz CT molecular complexity index is 1110. The number of nitrogens with one attached hydrogen (secondary N) is 1. The number of ketones is 2. The highest BCUT2D eigenvalue weighted by Gasteiger charge is 2.11. The Kier molecular flexibility index (Phi) is 15.4. The number of carbonyl (C=O) groups excluding carboxylic acids is 3. The molecule has 0 saturated heterocycles. The highest BCUT2D eigenvalue weighted by Crippen LogP contribution is 2.27. The second-order valence-electron chi connectivity index (χ2n) is 7.45. The molecule has 0 fully saturated rings. The minimum absolute atomic E-state index is 0.00662. The zero-order chi connectivity index (χ0) is 29.2. The van der Waals surface area contributed by atoms with Crippen LogP contribution < -0.4 is 14.8 Å². The molecule has 13 heteroatoms. The molecule has 0 atom stereocenters. The quantitative estimate of drug-likeness (QED) is 0.102. The molecule has 0 saturated carbocycles. The van der Waals surface area contributed by atoms with Gasteiger partial charge in [-0.05, 0) is 47.5 Å². The monoisotopic (exact) mass is 581 g/mol. The predicted molar refractivity (Wildman–Crippen MR) is 149 cm³/mol. The van der Waals surface area contributed by atoms with Crippen molar-refractivity contribution in [1.29, 1.82) is 0 Å². The maximum Gasteiger partial charge on any atom is 0.340 e. The average Bonchev–Trinajstić information content (AvgIpc) is 2.94. The number of alkyl halides is 2. The van der Waals surface area contributed by atoms with Gasteiger partial charge in [0.1, 0.15) is 0 Å². The molecule has 0 aliphatic carbocycles. The fraction of sp³-hybridized carbons (Fsp3) is 0.269. The van der Waals surface area contributed by atoms with E-state index in [1.54, 1.807) is 36.4 Å². The number of urea groups is 1. The summed E-state index contributed by atoms with van der Waals surface area (Å²) in [6, 6.07) is 8.76. The van der Waals surface area contributed by atoms with E-state index in [-0.39, 0.29) is 41.9 Å². The number of nitroso groups, excluding NO2 is 1. The van der Waals surface area contributed by atoms with Crippen LogP contribution in [0.5, 0.6) is 23.0 Å². The van der Waals surface area contributed by atoms with Crippen LogP contribution in [0.15, 0.2) is 53.8 Å². The highest BCUT2D eigenvalue weighted by molar-refractivity contribution is 6.18. The van der Waals surface area contributed by atoms with Crippen molar-refractivity contribution in [1.82, 2.24) is 10.3 Å². The summed E-state index contributed by atoms with van der Waals surface area (Å²) in [5, 5.41) is 24.6. The van der Waals surface area contributed by atoms with Gasteiger partial charge >= 0.3 is 6.03 Å². The van der Waals surface area contributed by atoms with Crippen LogP contribution in [-0.4, -0.2) is 71.9 Å². The number of phenols is 2. The van der Waals surface area contributed by atoms with Gasteiger partial charge in [-0.3, -0.25) is 9.59 Å². The summed E-state index contributed by atoms with van der Waals surface area (Å²) in [7, 11) is 2.87. The molecule has 39 heavy (non-hydrogen) atoms. The number of rotatable bonds is 13. The Morgan fingerprint density at radius 3 is 1.77 bits per heavy atom. The molecule has 210 valence electrons. The van der Waals surface area contributed by atoms with E-state index in [1.165, 1.54) is 38.5 Å². The SMILES string of the molecule is COc1cc(/C=C/C(=O)CC(=O)/C=C/c2ccc(O)c(OC)c2)ccc1O.O=NN(CCCl)C(=O)NCCCl. The molecule has 0 aliphatic heterocycles. The molecule has 0 aromatic heterocycles. The first-order valence-electron chi connectivity index (χ1n) is 11.3. The first-order chi connectivity index (χ1) is 18.7. The van der Waals surface area contributed by atoms with Crippen molar-refractivity contribution >= 4 is 53.0 Å². The lowest BCUT2D eigenvalue weighted by atomic mass is 10.1. The fourth-order valence-electron chi connectivity index (χ4n) is 2.77. The summed E-state index contributed by atoms with van der Waals surface area (Å²) in [6.45, 7) is 0.397. The van der Waals surface area contributed by atoms with Crippen LogP contribution in [0.3, 0.4) is 0 Å². The van der Waals surface area contributed by atoms with Crippen molar-refractivity contribution in [3.8, 4) is 23.0 Å². The van der Waals surface area contributed by atoms with Crippen molar-refractivity contribution in [2.75, 3.05) is 39.1 Å². The largest absolute Gasteiger partial charge is 0.504 e. The van der Waals surface area contributed by atoms with E-state index >= 15 is 0 Å². The smallest absolute Gasteiger partial charge is 0.340 e. The van der Waals surface area contributed by atoms with Crippen molar-refractivity contribution in [2.45, 2.75) is 6.42 Å². The lowest BCUT2D eigenvalue weighted by molar-refractivity contribution is -0.121. The van der Waals surface area contributed by atoms with Gasteiger partial charge in [0.05, 0.1) is 32.5 Å². The van der Waals surface area contributed by atoms with Crippen LogP contribution in [0.4, 0.5) is 4.79 Å². The molecule has 0 unspecified atom stereocenters. The number of benzene rings is 2. The highest BCUT2D eigenvalue weighted by atomic mass is 35.5. The number of allylic oxidation sites excluding steroid dienone is 2. The summed E-state index contributed by atoms with van der Waals surface area (Å²) in [6.07, 6.45) is 5.44. The number of nitrogens with zero attached hydrogens (tertiary/aromatic N) is 2. The van der Waals surface area contributed by atoms with Crippen molar-refractivity contribution in [3.05, 3.63) is 64.6 Å². The first kappa shape index (κ1) is 32.9. The first-order valence-corrected chi connectivity index (χ1v) is 12.4. The molecular formula is C26H29Cl2N3O8. The Morgan fingerprint density at radius 2 is 1.38 bits per heavy atom. The van der Waals surface area contributed by atoms with Gasteiger partial charge in [0, 0.05) is 18.3 Å². The number of carbonyl (C=O) groups is 3. The van der Waals surface area contributed by atoms with Crippen LogP contribution in [0.25, 0.3) is 12.2 Å². The topological polar surface area (TPSA) is 155 Å². The molecular weight excluding hydrogens is 553 g/mol. The molecule has 0 bridgehead atoms. The van der Waals surface area contributed by atoms with E-state index in [0.29, 0.717) is 40.1 Å². The van der Waals surface area contributed by atoms with Crippen LogP contribution >= 0.6 is 23.2 Å². The molecule has 2 aromatic carbocycles. The van der Waals surface area contributed by atoms with Crippen LogP contribution in [-0.2, 0) is 9.59 Å². The van der Waals surface area contributed by atoms with E-state index < -0.39 is 6.03 Å². The molecule has 3 N–H and O–H groups in total. The van der Waals surface area contributed by atoms with Gasteiger partial charge in [0.15, 0.2) is 34.6 Å². The molecule has 0 aliphatic rings. The number of phenolic OH excluding ortho intramolecular Hbond substituents is 2. The predicted octanol–water partition coefficient (Wildman–Crippen LogP) is 4.53. The van der Waals surface area contributed by atoms with Crippen molar-refractivity contribution in [2.24, 2.45) is 5.29 Å². The second-order valence-corrected chi connectivity index (χ2v) is 8.21. The van der Waals surface area contributed by atoms with E-state index in [1.807, 2.05) is 0 Å². The summed E-state index contributed by atoms with van der Waals surface area (Å²) in [4.78, 5) is 44.8. The summed E-state index contributed by atoms with van der Waals surface area (Å²) >= 11 is 10.6. The van der Waals surface area contributed by atoms with Crippen molar-refractivity contribution in [3.63, 3.8) is 0 Å². The summed E-state index contributed by atoms with van der Waals surface area (Å²) in [5.74, 6) is 0.374. The zero-order valence-electron chi connectivity index (χ0n) is 21.3. The van der Waals surface area contributed by atoms with Gasteiger partial charge in [-0.15, -0.1) is 28.1 Å². The number of ether oxygens (including phenoxy) is 2. The van der Waals surface area contributed by atoms with E-state index in [4.69, 9.17) is 32.7 Å². The van der Waals surface area contributed by atoms with Crippen molar-refractivity contribution < 1.29 is 34.1 Å². The van der Waals surface area contributed by atoms with Gasteiger partial charge in [0.25, 0.3) is 0 Å². The molecule has 2 rings (SSSR count). The maximum absolute atomic E-state index is 11.9. The standard InChI is InChI=1S/C21H20O6.C5H9Cl2N3O2/c1-26-20-11-14(5-9-18(20)24)3-7-16(22)13-17(23)8-4-15-6-10-19(25)21(12-15)27-2;6-1-3-8-5(11)10(9-12)4-2-7/h3-12,24-25H,13H2,1-2H3;1-4H2,(H,8,11)/b7-3+,8-4+;.